The summed E-state index contributed by atoms with van der Waals surface area (Å²) in [7, 11) is -1.54. The number of benzene rings is 1. The van der Waals surface area contributed by atoms with E-state index in [1.807, 2.05) is 31.2 Å². The Labute approximate surface area is 121 Å². The summed E-state index contributed by atoms with van der Waals surface area (Å²) in [4.78, 5) is 0. The summed E-state index contributed by atoms with van der Waals surface area (Å²) >= 11 is 0. The highest BCUT2D eigenvalue weighted by atomic mass is 32.2. The van der Waals surface area contributed by atoms with Crippen LogP contribution in [0.1, 0.15) is 24.0 Å². The van der Waals surface area contributed by atoms with Gasteiger partial charge in [-0.05, 0) is 12.5 Å². The molecular formula is C15H23NO3S. The Morgan fingerprint density at radius 1 is 1.30 bits per heavy atom. The van der Waals surface area contributed by atoms with Crippen LogP contribution in [0, 0.1) is 12.3 Å². The van der Waals surface area contributed by atoms with Crippen molar-refractivity contribution in [2.75, 3.05) is 26.0 Å². The van der Waals surface area contributed by atoms with Crippen molar-refractivity contribution in [2.45, 2.75) is 25.0 Å². The number of aryl methyl sites for hydroxylation is 1. The maximum atomic E-state index is 12.4. The van der Waals surface area contributed by atoms with E-state index < -0.39 is 20.5 Å². The predicted molar refractivity (Wildman–Crippen MR) is 80.5 cm³/mol. The zero-order chi connectivity index (χ0) is 15.0. The number of methoxy groups -OCH3 is 1. The van der Waals surface area contributed by atoms with Crippen molar-refractivity contribution in [3.8, 4) is 0 Å². The molecule has 1 aliphatic carbocycles. The van der Waals surface area contributed by atoms with Gasteiger partial charge in [0.05, 0.1) is 11.9 Å². The van der Waals surface area contributed by atoms with Gasteiger partial charge in [0, 0.05) is 30.7 Å². The third kappa shape index (κ3) is 2.38. The highest BCUT2D eigenvalue weighted by Crippen LogP contribution is 2.62. The monoisotopic (exact) mass is 297 g/mol. The van der Waals surface area contributed by atoms with Crippen LogP contribution in [0.15, 0.2) is 24.3 Å². The van der Waals surface area contributed by atoms with Crippen LogP contribution in [0.3, 0.4) is 0 Å². The first-order chi connectivity index (χ1) is 9.43. The highest BCUT2D eigenvalue weighted by Gasteiger charge is 2.69. The fraction of sp³-hybridized carbons (Fsp3) is 0.600. The molecule has 20 heavy (non-hydrogen) atoms. The van der Waals surface area contributed by atoms with Gasteiger partial charge >= 0.3 is 0 Å². The third-order valence-corrected chi connectivity index (χ3v) is 6.72. The summed E-state index contributed by atoms with van der Waals surface area (Å²) in [6.45, 7) is 4.41. The van der Waals surface area contributed by atoms with Crippen LogP contribution in [0.5, 0.6) is 0 Å². The first kappa shape index (κ1) is 15.5. The molecule has 5 heteroatoms. The van der Waals surface area contributed by atoms with Gasteiger partial charge in [-0.3, -0.25) is 0 Å². The van der Waals surface area contributed by atoms with Crippen LogP contribution in [-0.4, -0.2) is 39.7 Å². The van der Waals surface area contributed by atoms with Crippen molar-refractivity contribution in [2.24, 2.45) is 11.1 Å². The second-order valence-corrected chi connectivity index (χ2v) is 8.04. The Bertz CT molecular complexity index is 567. The Morgan fingerprint density at radius 3 is 2.35 bits per heavy atom. The average Bonchev–Trinajstić information content (AvgIpc) is 3.10. The highest BCUT2D eigenvalue weighted by molar-refractivity contribution is 7.92. The lowest BCUT2D eigenvalue weighted by molar-refractivity contribution is 0.142. The van der Waals surface area contributed by atoms with Gasteiger partial charge in [0.15, 0.2) is 9.84 Å². The molecular weight excluding hydrogens is 274 g/mol. The van der Waals surface area contributed by atoms with Crippen molar-refractivity contribution < 1.29 is 13.2 Å². The van der Waals surface area contributed by atoms with Gasteiger partial charge in [0.25, 0.3) is 0 Å². The Morgan fingerprint density at radius 2 is 1.90 bits per heavy atom. The van der Waals surface area contributed by atoms with E-state index in [-0.39, 0.29) is 11.7 Å². The van der Waals surface area contributed by atoms with Crippen LogP contribution in [-0.2, 0) is 14.6 Å². The van der Waals surface area contributed by atoms with Gasteiger partial charge in [0.2, 0.25) is 0 Å². The summed E-state index contributed by atoms with van der Waals surface area (Å²) in [6.07, 6.45) is 0. The van der Waals surface area contributed by atoms with Crippen molar-refractivity contribution in [3.63, 3.8) is 0 Å². The molecule has 0 amide bonds. The second-order valence-electron chi connectivity index (χ2n) is 5.63. The molecule has 0 aromatic heterocycles. The maximum Gasteiger partial charge on any atom is 0.154 e. The molecule has 1 saturated carbocycles. The minimum atomic E-state index is -3.13. The Hall–Kier alpha value is -0.910. The lowest BCUT2D eigenvalue weighted by Crippen LogP contribution is -2.28. The van der Waals surface area contributed by atoms with Gasteiger partial charge in [0.1, 0.15) is 0 Å². The molecule has 2 N–H and O–H groups in total. The number of hydrogen-bond donors (Lipinski definition) is 1. The molecule has 0 aliphatic heterocycles. The number of nitrogens with two attached hydrogens (primary N) is 1. The van der Waals surface area contributed by atoms with Gasteiger partial charge in [-0.15, -0.1) is 0 Å². The van der Waals surface area contributed by atoms with E-state index in [9.17, 15) is 8.42 Å². The van der Waals surface area contributed by atoms with E-state index >= 15 is 0 Å². The van der Waals surface area contributed by atoms with Crippen LogP contribution in [0.4, 0.5) is 0 Å². The standard InChI is InChI=1S/C15H23NO3S/c1-4-20(17,18)14-13(15(14,9-16)10-19-3)12-7-5-11(2)6-8-12/h5-8,13-14H,4,9-10,16H2,1-3H3/t13-,14+,15+/m0/s1. The molecule has 4 nitrogen and oxygen atoms in total. The zero-order valence-electron chi connectivity index (χ0n) is 12.3. The Balaban J connectivity index is 2.42. The molecule has 0 unspecified atom stereocenters. The summed E-state index contributed by atoms with van der Waals surface area (Å²) in [6, 6.07) is 8.03. The maximum absolute atomic E-state index is 12.4. The quantitative estimate of drug-likeness (QED) is 0.863. The largest absolute Gasteiger partial charge is 0.384 e. The molecule has 112 valence electrons. The van der Waals surface area contributed by atoms with Gasteiger partial charge in [-0.25, -0.2) is 8.42 Å². The fourth-order valence-electron chi connectivity index (χ4n) is 3.22. The number of rotatable bonds is 6. The van der Waals surface area contributed by atoms with Crippen molar-refractivity contribution in [3.05, 3.63) is 35.4 Å². The molecule has 0 bridgehead atoms. The van der Waals surface area contributed by atoms with Crippen molar-refractivity contribution in [1.29, 1.82) is 0 Å². The fourth-order valence-corrected chi connectivity index (χ4v) is 5.37. The van der Waals surface area contributed by atoms with E-state index in [4.69, 9.17) is 10.5 Å². The lowest BCUT2D eigenvalue weighted by atomic mass is 9.99. The minimum Gasteiger partial charge on any atom is -0.384 e. The molecule has 1 aliphatic rings. The molecule has 0 radical (unpaired) electrons. The average molecular weight is 297 g/mol. The summed E-state index contributed by atoms with van der Waals surface area (Å²) in [5.74, 6) is 0.0869. The summed E-state index contributed by atoms with van der Waals surface area (Å²) < 4.78 is 30.0. The van der Waals surface area contributed by atoms with Crippen LogP contribution in [0.25, 0.3) is 0 Å². The molecule has 1 aromatic rings. The number of ether oxygens (including phenoxy) is 1. The normalized spacial score (nSPS) is 29.4. The van der Waals surface area contributed by atoms with E-state index in [1.54, 1.807) is 14.0 Å². The van der Waals surface area contributed by atoms with Gasteiger partial charge in [-0.1, -0.05) is 36.8 Å². The van der Waals surface area contributed by atoms with Crippen LogP contribution < -0.4 is 5.73 Å². The first-order valence-corrected chi connectivity index (χ1v) is 8.61. The second kappa shape index (κ2) is 5.47. The topological polar surface area (TPSA) is 69.4 Å². The van der Waals surface area contributed by atoms with E-state index in [0.29, 0.717) is 13.2 Å². The minimum absolute atomic E-state index is 0.0574. The molecule has 1 aromatic carbocycles. The van der Waals surface area contributed by atoms with Gasteiger partial charge < -0.3 is 10.5 Å². The van der Waals surface area contributed by atoms with Crippen molar-refractivity contribution >= 4 is 9.84 Å². The lowest BCUT2D eigenvalue weighted by Gasteiger charge is -2.14. The van der Waals surface area contributed by atoms with Crippen molar-refractivity contribution in [1.82, 2.24) is 0 Å². The van der Waals surface area contributed by atoms with E-state index in [0.717, 1.165) is 11.1 Å². The smallest absolute Gasteiger partial charge is 0.154 e. The Kier molecular flexibility index (Phi) is 4.23. The predicted octanol–water partition coefficient (Wildman–Crippen LogP) is 1.49. The molecule has 0 saturated heterocycles. The molecule has 0 heterocycles. The van der Waals surface area contributed by atoms with E-state index in [1.165, 1.54) is 0 Å². The van der Waals surface area contributed by atoms with Crippen LogP contribution >= 0.6 is 0 Å². The number of sulfone groups is 1. The number of hydrogen-bond acceptors (Lipinski definition) is 4. The molecule has 3 atom stereocenters. The first-order valence-electron chi connectivity index (χ1n) is 6.90. The molecule has 2 rings (SSSR count). The summed E-state index contributed by atoms with van der Waals surface area (Å²) in [5, 5.41) is -0.423. The SMILES string of the molecule is CCS(=O)(=O)[C@@H]1[C@H](c2ccc(C)cc2)[C@@]1(CN)COC. The van der Waals surface area contributed by atoms with Crippen LogP contribution in [0.2, 0.25) is 0 Å². The van der Waals surface area contributed by atoms with Gasteiger partial charge in [-0.2, -0.15) is 0 Å². The zero-order valence-corrected chi connectivity index (χ0v) is 13.1. The summed E-state index contributed by atoms with van der Waals surface area (Å²) in [5.41, 5.74) is 7.64. The molecule has 0 spiro atoms. The third-order valence-electron chi connectivity index (χ3n) is 4.40. The van der Waals surface area contributed by atoms with E-state index in [2.05, 4.69) is 0 Å². The molecule has 1 fully saturated rings.